The van der Waals surface area contributed by atoms with Crippen molar-refractivity contribution >= 4 is 90.8 Å². The zero-order valence-electron chi connectivity index (χ0n) is 15.7. The van der Waals surface area contributed by atoms with E-state index in [9.17, 15) is 4.79 Å². The van der Waals surface area contributed by atoms with Gasteiger partial charge in [-0.15, -0.1) is 0 Å². The highest BCUT2D eigenvalue weighted by Crippen LogP contribution is 2.30. The number of para-hydroxylation sites is 1. The van der Waals surface area contributed by atoms with Gasteiger partial charge in [-0.25, -0.2) is 4.98 Å². The van der Waals surface area contributed by atoms with Gasteiger partial charge in [-0.1, -0.05) is 88.6 Å². The van der Waals surface area contributed by atoms with Crippen molar-refractivity contribution in [3.63, 3.8) is 0 Å². The maximum atomic E-state index is 12.3. The second-order valence-electron chi connectivity index (χ2n) is 6.27. The van der Waals surface area contributed by atoms with Gasteiger partial charge in [0.15, 0.2) is 10.2 Å². The lowest BCUT2D eigenvalue weighted by Crippen LogP contribution is -2.55. The number of thiocarbonyl (C=S) groups is 1. The molecule has 3 rings (SSSR count). The third-order valence-electron chi connectivity index (χ3n) is 3.96. The van der Waals surface area contributed by atoms with Gasteiger partial charge in [0.25, 0.3) is 0 Å². The predicted octanol–water partition coefficient (Wildman–Crippen LogP) is 5.42. The largest absolute Gasteiger partial charge is 0.339 e. The first-order chi connectivity index (χ1) is 14.2. The zero-order chi connectivity index (χ0) is 21.7. The zero-order valence-corrected chi connectivity index (χ0v) is 19.6. The summed E-state index contributed by atoms with van der Waals surface area (Å²) in [6, 6.07) is 15.3. The van der Waals surface area contributed by atoms with E-state index in [4.69, 9.17) is 47.0 Å². The van der Waals surface area contributed by atoms with E-state index in [1.165, 1.54) is 17.4 Å². The fourth-order valence-electron chi connectivity index (χ4n) is 2.53. The number of halogens is 3. The molecule has 1 heterocycles. The first-order valence-corrected chi connectivity index (χ1v) is 11.1. The summed E-state index contributed by atoms with van der Waals surface area (Å²) in [7, 11) is 0. The van der Waals surface area contributed by atoms with Crippen molar-refractivity contribution in [3.8, 4) is 0 Å². The Balaban J connectivity index is 1.65. The van der Waals surface area contributed by atoms with Crippen molar-refractivity contribution in [2.24, 2.45) is 0 Å². The van der Waals surface area contributed by atoms with E-state index in [1.807, 2.05) is 55.5 Å². The Bertz CT molecular complexity index is 1080. The number of rotatable bonds is 5. The summed E-state index contributed by atoms with van der Waals surface area (Å²) >= 11 is 24.8. The molecule has 5 nitrogen and oxygen atoms in total. The molecule has 3 N–H and O–H groups in total. The standard InChI is InChI=1S/C20H17Cl3N4OS2/c1-12-6-5-9-14-16(12)25-19(30-14)27-18(29)26-17(20(21,22)23)24-15(28)11-10-13-7-3-2-4-8-13/h2-11,17H,1H3,(H,24,28)(H2,25,26,27,29)/b11-10+. The molecule has 0 saturated carbocycles. The van der Waals surface area contributed by atoms with Crippen LogP contribution in [0.25, 0.3) is 16.3 Å². The Morgan fingerprint density at radius 3 is 2.53 bits per heavy atom. The van der Waals surface area contributed by atoms with E-state index in [2.05, 4.69) is 20.9 Å². The molecule has 1 aromatic heterocycles. The number of carbonyl (C=O) groups is 1. The number of anilines is 1. The van der Waals surface area contributed by atoms with Gasteiger partial charge in [0, 0.05) is 6.08 Å². The fourth-order valence-corrected chi connectivity index (χ4v) is 4.08. The SMILES string of the molecule is Cc1cccc2sc(NC(=S)NC(NC(=O)/C=C/c3ccccc3)C(Cl)(Cl)Cl)nc12. The first kappa shape index (κ1) is 22.8. The molecule has 0 radical (unpaired) electrons. The van der Waals surface area contributed by atoms with Gasteiger partial charge < -0.3 is 16.0 Å². The highest BCUT2D eigenvalue weighted by atomic mass is 35.6. The van der Waals surface area contributed by atoms with Crippen molar-refractivity contribution in [2.75, 3.05) is 5.32 Å². The maximum absolute atomic E-state index is 12.3. The highest BCUT2D eigenvalue weighted by Gasteiger charge is 2.34. The molecule has 1 unspecified atom stereocenters. The van der Waals surface area contributed by atoms with Gasteiger partial charge in [0.2, 0.25) is 9.70 Å². The van der Waals surface area contributed by atoms with E-state index in [0.29, 0.717) is 5.13 Å². The average Bonchev–Trinajstić information content (AvgIpc) is 3.10. The molecule has 156 valence electrons. The van der Waals surface area contributed by atoms with Gasteiger partial charge in [-0.05, 0) is 42.4 Å². The molecule has 0 saturated heterocycles. The summed E-state index contributed by atoms with van der Waals surface area (Å²) < 4.78 is -0.816. The van der Waals surface area contributed by atoms with Crippen LogP contribution >= 0.6 is 58.4 Å². The number of benzene rings is 2. The van der Waals surface area contributed by atoms with Crippen molar-refractivity contribution in [1.82, 2.24) is 15.6 Å². The van der Waals surface area contributed by atoms with Crippen molar-refractivity contribution in [1.29, 1.82) is 0 Å². The number of aromatic nitrogens is 1. The third-order valence-corrected chi connectivity index (χ3v) is 5.77. The van der Waals surface area contributed by atoms with Crippen LogP contribution in [0, 0.1) is 6.92 Å². The number of thiazole rings is 1. The number of aryl methyl sites for hydroxylation is 1. The number of carbonyl (C=O) groups excluding carboxylic acids is 1. The van der Waals surface area contributed by atoms with Crippen molar-refractivity contribution in [3.05, 3.63) is 65.7 Å². The van der Waals surface area contributed by atoms with Crippen LogP contribution in [0.4, 0.5) is 5.13 Å². The molecule has 0 bridgehead atoms. The second-order valence-corrected chi connectivity index (χ2v) is 10.1. The number of nitrogens with one attached hydrogen (secondary N) is 3. The minimum atomic E-state index is -1.84. The molecule has 3 aromatic rings. The van der Waals surface area contributed by atoms with E-state index in [1.54, 1.807) is 6.08 Å². The van der Waals surface area contributed by atoms with Gasteiger partial charge in [0.1, 0.15) is 6.17 Å². The van der Waals surface area contributed by atoms with Crippen LogP contribution < -0.4 is 16.0 Å². The molecule has 30 heavy (non-hydrogen) atoms. The number of nitrogens with zero attached hydrogens (tertiary/aromatic N) is 1. The lowest BCUT2D eigenvalue weighted by molar-refractivity contribution is -0.117. The van der Waals surface area contributed by atoms with Gasteiger partial charge >= 0.3 is 0 Å². The molecule has 2 aromatic carbocycles. The smallest absolute Gasteiger partial charge is 0.245 e. The summed E-state index contributed by atoms with van der Waals surface area (Å²) in [5.41, 5.74) is 2.83. The van der Waals surface area contributed by atoms with E-state index in [0.717, 1.165) is 21.3 Å². The number of alkyl halides is 3. The van der Waals surface area contributed by atoms with Crippen LogP contribution in [0.1, 0.15) is 11.1 Å². The monoisotopic (exact) mass is 498 g/mol. The lowest BCUT2D eigenvalue weighted by atomic mass is 10.2. The second kappa shape index (κ2) is 9.94. The van der Waals surface area contributed by atoms with Crippen molar-refractivity contribution < 1.29 is 4.79 Å². The van der Waals surface area contributed by atoms with E-state index >= 15 is 0 Å². The van der Waals surface area contributed by atoms with Crippen molar-refractivity contribution in [2.45, 2.75) is 16.9 Å². The summed E-state index contributed by atoms with van der Waals surface area (Å²) in [6.07, 6.45) is 1.95. The quantitative estimate of drug-likeness (QED) is 0.189. The molecule has 10 heteroatoms. The van der Waals surface area contributed by atoms with E-state index in [-0.39, 0.29) is 5.11 Å². The molecule has 0 aliphatic heterocycles. The maximum Gasteiger partial charge on any atom is 0.245 e. The minimum Gasteiger partial charge on any atom is -0.339 e. The molecule has 0 spiro atoms. The number of hydrogen-bond donors (Lipinski definition) is 3. The van der Waals surface area contributed by atoms with E-state index < -0.39 is 15.9 Å². The van der Waals surface area contributed by atoms with Crippen LogP contribution in [0.2, 0.25) is 0 Å². The summed E-state index contributed by atoms with van der Waals surface area (Å²) in [5, 5.41) is 9.15. The van der Waals surface area contributed by atoms with Crippen LogP contribution in [-0.2, 0) is 4.79 Å². The number of hydrogen-bond acceptors (Lipinski definition) is 4. The molecular weight excluding hydrogens is 483 g/mol. The lowest BCUT2D eigenvalue weighted by Gasteiger charge is -2.27. The number of fused-ring (bicyclic) bond motifs is 1. The molecule has 0 aliphatic carbocycles. The van der Waals surface area contributed by atoms with Crippen LogP contribution in [0.15, 0.2) is 54.6 Å². The highest BCUT2D eigenvalue weighted by molar-refractivity contribution is 7.80. The first-order valence-electron chi connectivity index (χ1n) is 8.76. The number of amides is 1. The molecular formula is C20H17Cl3N4OS2. The molecule has 0 fully saturated rings. The Labute approximate surface area is 198 Å². The van der Waals surface area contributed by atoms with Crippen LogP contribution in [0.5, 0.6) is 0 Å². The van der Waals surface area contributed by atoms with Gasteiger partial charge in [0.05, 0.1) is 10.2 Å². The summed E-state index contributed by atoms with van der Waals surface area (Å²) in [4.78, 5) is 16.8. The van der Waals surface area contributed by atoms with Crippen LogP contribution in [0.3, 0.4) is 0 Å². The van der Waals surface area contributed by atoms with Gasteiger partial charge in [-0.2, -0.15) is 0 Å². The normalized spacial score (nSPS) is 12.7. The molecule has 1 atom stereocenters. The average molecular weight is 500 g/mol. The fraction of sp³-hybridized carbons (Fsp3) is 0.150. The topological polar surface area (TPSA) is 66.0 Å². The Kier molecular flexibility index (Phi) is 7.55. The Morgan fingerprint density at radius 1 is 1.13 bits per heavy atom. The predicted molar refractivity (Wildman–Crippen MR) is 131 cm³/mol. The summed E-state index contributed by atoms with van der Waals surface area (Å²) in [5.74, 6) is -0.443. The Hall–Kier alpha value is -1.90. The minimum absolute atomic E-state index is 0.162. The van der Waals surface area contributed by atoms with Crippen LogP contribution in [-0.4, -0.2) is 26.0 Å². The Morgan fingerprint density at radius 2 is 1.87 bits per heavy atom. The molecule has 1 amide bonds. The molecule has 0 aliphatic rings. The van der Waals surface area contributed by atoms with Gasteiger partial charge in [-0.3, -0.25) is 4.79 Å². The third kappa shape index (κ3) is 6.30. The summed E-state index contributed by atoms with van der Waals surface area (Å²) in [6.45, 7) is 1.99.